The number of carbonyl (C=O) groups is 2. The highest BCUT2D eigenvalue weighted by Gasteiger charge is 2.39. The lowest BCUT2D eigenvalue weighted by molar-refractivity contribution is -0.126. The highest BCUT2D eigenvalue weighted by molar-refractivity contribution is 7.88. The molecule has 2 fully saturated rings. The first-order valence-corrected chi connectivity index (χ1v) is 11.2. The van der Waals surface area contributed by atoms with E-state index >= 15 is 0 Å². The van der Waals surface area contributed by atoms with Crippen LogP contribution in [0.2, 0.25) is 0 Å². The number of aryl methyl sites for hydroxylation is 1. The fourth-order valence-corrected chi connectivity index (χ4v) is 4.94. The predicted molar refractivity (Wildman–Crippen MR) is 101 cm³/mol. The van der Waals surface area contributed by atoms with Crippen LogP contribution in [0, 0.1) is 0 Å². The fourth-order valence-electron chi connectivity index (χ4n) is 3.93. The Bertz CT molecular complexity index is 800. The highest BCUT2D eigenvalue weighted by atomic mass is 32.2. The van der Waals surface area contributed by atoms with E-state index in [1.165, 1.54) is 0 Å². The van der Waals surface area contributed by atoms with Gasteiger partial charge in [-0.1, -0.05) is 12.8 Å². The van der Waals surface area contributed by atoms with E-state index in [9.17, 15) is 18.0 Å². The molecule has 1 aromatic heterocycles. The second-order valence-electron chi connectivity index (χ2n) is 7.32. The van der Waals surface area contributed by atoms with Crippen LogP contribution in [0.25, 0.3) is 0 Å². The van der Waals surface area contributed by atoms with Crippen LogP contribution in [-0.4, -0.2) is 65.7 Å². The van der Waals surface area contributed by atoms with Gasteiger partial charge in [-0.2, -0.15) is 9.40 Å². The Labute approximate surface area is 159 Å². The molecule has 1 unspecified atom stereocenters. The van der Waals surface area contributed by atoms with Crippen LogP contribution in [0.15, 0.2) is 12.3 Å². The van der Waals surface area contributed by atoms with Gasteiger partial charge in [0.25, 0.3) is 0 Å². The lowest BCUT2D eigenvalue weighted by Gasteiger charge is -2.36. The number of nitrogens with zero attached hydrogens (tertiary/aromatic N) is 4. The molecular formula is C17H27N5O4S. The molecule has 1 atom stereocenters. The van der Waals surface area contributed by atoms with Gasteiger partial charge in [0.05, 0.1) is 19.0 Å². The summed E-state index contributed by atoms with van der Waals surface area (Å²) in [6.45, 7) is 0.172. The molecule has 1 aromatic rings. The average molecular weight is 398 g/mol. The number of hydrogen-bond donors (Lipinski definition) is 1. The summed E-state index contributed by atoms with van der Waals surface area (Å²) in [5, 5.41) is 6.98. The van der Waals surface area contributed by atoms with Crippen LogP contribution in [0.4, 0.5) is 5.82 Å². The molecule has 1 saturated heterocycles. The van der Waals surface area contributed by atoms with Crippen molar-refractivity contribution in [2.45, 2.75) is 50.6 Å². The monoisotopic (exact) mass is 397 g/mol. The molecular weight excluding hydrogens is 370 g/mol. The third-order valence-corrected chi connectivity index (χ3v) is 6.51. The SMILES string of the molecule is Cn1nccc1N1CCCC(N(CC(=O)NC2CCCC2)S(C)(=O)=O)C1=O. The standard InChI is InChI=1S/C17H27N5O4S/c1-20-16(9-10-18-20)21-11-5-8-14(17(21)24)22(27(2,25)26)12-15(23)19-13-6-3-4-7-13/h9-10,13-14H,3-8,11-12H2,1-2H3,(H,19,23). The van der Waals surface area contributed by atoms with Gasteiger partial charge in [0.15, 0.2) is 0 Å². The number of anilines is 1. The number of rotatable bonds is 6. The predicted octanol–water partition coefficient (Wildman–Crippen LogP) is 0.236. The molecule has 0 aromatic carbocycles. The van der Waals surface area contributed by atoms with Crippen LogP contribution in [0.5, 0.6) is 0 Å². The molecule has 2 amide bonds. The van der Waals surface area contributed by atoms with Gasteiger partial charge >= 0.3 is 0 Å². The van der Waals surface area contributed by atoms with Gasteiger partial charge in [0, 0.05) is 25.7 Å². The van der Waals surface area contributed by atoms with Gasteiger partial charge in [-0.3, -0.25) is 19.2 Å². The molecule has 10 heteroatoms. The molecule has 1 aliphatic heterocycles. The molecule has 27 heavy (non-hydrogen) atoms. The minimum atomic E-state index is -3.73. The van der Waals surface area contributed by atoms with Crippen molar-refractivity contribution in [2.75, 3.05) is 24.2 Å². The Kier molecular flexibility index (Phi) is 5.85. The Hall–Kier alpha value is -1.94. The summed E-state index contributed by atoms with van der Waals surface area (Å²) in [5.74, 6) is -0.0460. The minimum Gasteiger partial charge on any atom is -0.352 e. The van der Waals surface area contributed by atoms with E-state index < -0.39 is 16.1 Å². The molecule has 2 heterocycles. The van der Waals surface area contributed by atoms with Crippen LogP contribution < -0.4 is 10.2 Å². The zero-order valence-corrected chi connectivity index (χ0v) is 16.6. The first kappa shape index (κ1) is 19.8. The van der Waals surface area contributed by atoms with E-state index in [0.29, 0.717) is 25.2 Å². The maximum absolute atomic E-state index is 13.0. The van der Waals surface area contributed by atoms with Crippen molar-refractivity contribution in [1.82, 2.24) is 19.4 Å². The van der Waals surface area contributed by atoms with Crippen molar-refractivity contribution >= 4 is 27.7 Å². The molecule has 9 nitrogen and oxygen atoms in total. The molecule has 150 valence electrons. The lowest BCUT2D eigenvalue weighted by Crippen LogP contribution is -2.56. The number of amides is 2. The second kappa shape index (κ2) is 7.97. The molecule has 0 radical (unpaired) electrons. The molecule has 0 spiro atoms. The third kappa shape index (κ3) is 4.49. The van der Waals surface area contributed by atoms with Crippen molar-refractivity contribution in [2.24, 2.45) is 7.05 Å². The van der Waals surface area contributed by atoms with Crippen LogP contribution in [-0.2, 0) is 26.7 Å². The minimum absolute atomic E-state index is 0.104. The second-order valence-corrected chi connectivity index (χ2v) is 9.25. The van der Waals surface area contributed by atoms with E-state index in [2.05, 4.69) is 10.4 Å². The number of nitrogens with one attached hydrogen (secondary N) is 1. The van der Waals surface area contributed by atoms with Crippen molar-refractivity contribution in [3.05, 3.63) is 12.3 Å². The van der Waals surface area contributed by atoms with Gasteiger partial charge < -0.3 is 5.32 Å². The quantitative estimate of drug-likeness (QED) is 0.740. The van der Waals surface area contributed by atoms with Gasteiger partial charge in [0.2, 0.25) is 21.8 Å². The van der Waals surface area contributed by atoms with E-state index in [4.69, 9.17) is 0 Å². The molecule has 3 rings (SSSR count). The summed E-state index contributed by atoms with van der Waals surface area (Å²) in [4.78, 5) is 27.0. The number of piperidine rings is 1. The van der Waals surface area contributed by atoms with Crippen LogP contribution in [0.3, 0.4) is 0 Å². The van der Waals surface area contributed by atoms with Crippen LogP contribution in [0.1, 0.15) is 38.5 Å². The van der Waals surface area contributed by atoms with E-state index in [1.54, 1.807) is 28.9 Å². The van der Waals surface area contributed by atoms with Gasteiger partial charge in [-0.15, -0.1) is 0 Å². The van der Waals surface area contributed by atoms with Gasteiger partial charge in [-0.25, -0.2) is 8.42 Å². The average Bonchev–Trinajstić information content (AvgIpc) is 3.24. The van der Waals surface area contributed by atoms with Crippen molar-refractivity contribution in [1.29, 1.82) is 0 Å². The van der Waals surface area contributed by atoms with Crippen LogP contribution >= 0.6 is 0 Å². The first-order valence-electron chi connectivity index (χ1n) is 9.33. The van der Waals surface area contributed by atoms with E-state index in [-0.39, 0.29) is 24.4 Å². The summed E-state index contributed by atoms with van der Waals surface area (Å²) in [6, 6.07) is 0.947. The molecule has 0 bridgehead atoms. The van der Waals surface area contributed by atoms with Crippen molar-refractivity contribution in [3.63, 3.8) is 0 Å². The highest BCUT2D eigenvalue weighted by Crippen LogP contribution is 2.25. The zero-order valence-electron chi connectivity index (χ0n) is 15.8. The summed E-state index contributed by atoms with van der Waals surface area (Å²) < 4.78 is 27.4. The number of carbonyl (C=O) groups excluding carboxylic acids is 2. The van der Waals surface area contributed by atoms with Gasteiger partial charge in [-0.05, 0) is 25.7 Å². The summed E-state index contributed by atoms with van der Waals surface area (Å²) in [5.41, 5.74) is 0. The Balaban J connectivity index is 1.76. The molecule has 1 N–H and O–H groups in total. The maximum Gasteiger partial charge on any atom is 0.246 e. The number of aromatic nitrogens is 2. The zero-order chi connectivity index (χ0) is 19.6. The van der Waals surface area contributed by atoms with Crippen molar-refractivity contribution in [3.8, 4) is 0 Å². The largest absolute Gasteiger partial charge is 0.352 e. The topological polar surface area (TPSA) is 105 Å². The Morgan fingerprint density at radius 1 is 1.30 bits per heavy atom. The molecule has 1 aliphatic carbocycles. The molecule has 1 saturated carbocycles. The fraction of sp³-hybridized carbons (Fsp3) is 0.706. The normalized spacial score (nSPS) is 21.8. The van der Waals surface area contributed by atoms with E-state index in [0.717, 1.165) is 36.2 Å². The lowest BCUT2D eigenvalue weighted by atomic mass is 10.0. The smallest absolute Gasteiger partial charge is 0.246 e. The third-order valence-electron chi connectivity index (χ3n) is 5.28. The van der Waals surface area contributed by atoms with Crippen molar-refractivity contribution < 1.29 is 18.0 Å². The number of sulfonamides is 1. The summed E-state index contributed by atoms with van der Waals surface area (Å²) >= 11 is 0. The Morgan fingerprint density at radius 3 is 2.59 bits per heavy atom. The molecule has 2 aliphatic rings. The van der Waals surface area contributed by atoms with E-state index in [1.807, 2.05) is 0 Å². The summed E-state index contributed by atoms with van der Waals surface area (Å²) in [6.07, 6.45) is 7.67. The summed E-state index contributed by atoms with van der Waals surface area (Å²) in [7, 11) is -1.99. The first-order chi connectivity index (χ1) is 12.8. The maximum atomic E-state index is 13.0. The van der Waals surface area contributed by atoms with Gasteiger partial charge in [0.1, 0.15) is 11.9 Å². The number of hydrogen-bond acceptors (Lipinski definition) is 5. The Morgan fingerprint density at radius 2 is 2.00 bits per heavy atom.